The van der Waals surface area contributed by atoms with Crippen LogP contribution in [-0.4, -0.2) is 22.2 Å². The van der Waals surface area contributed by atoms with Gasteiger partial charge in [-0.15, -0.1) is 0 Å². The first-order chi connectivity index (χ1) is 7.47. The monoisotopic (exact) mass is 223 g/mol. The van der Waals surface area contributed by atoms with Gasteiger partial charge in [0.05, 0.1) is 5.56 Å². The molecule has 0 bridgehead atoms. The van der Waals surface area contributed by atoms with Crippen molar-refractivity contribution in [2.24, 2.45) is 5.73 Å². The molecule has 1 unspecified atom stereocenters. The summed E-state index contributed by atoms with van der Waals surface area (Å²) in [5.41, 5.74) is 6.74. The normalized spacial score (nSPS) is 12.1. The van der Waals surface area contributed by atoms with E-state index in [1.807, 2.05) is 6.92 Å². The van der Waals surface area contributed by atoms with Gasteiger partial charge < -0.3 is 15.9 Å². The van der Waals surface area contributed by atoms with Crippen LogP contribution >= 0.6 is 0 Å². The van der Waals surface area contributed by atoms with Crippen LogP contribution in [0.5, 0.6) is 0 Å². The number of benzene rings is 1. The quantitative estimate of drug-likeness (QED) is 0.707. The lowest BCUT2D eigenvalue weighted by Gasteiger charge is -2.12. The van der Waals surface area contributed by atoms with Gasteiger partial charge in [-0.3, -0.25) is 4.79 Å². The molecular weight excluding hydrogens is 210 g/mol. The Balaban J connectivity index is 3.21. The van der Waals surface area contributed by atoms with Gasteiger partial charge in [0.15, 0.2) is 0 Å². The zero-order chi connectivity index (χ0) is 12.3. The largest absolute Gasteiger partial charge is 0.480 e. The molecular formula is C11H13NO4. The molecule has 86 valence electrons. The van der Waals surface area contributed by atoms with Crippen molar-refractivity contribution in [1.29, 1.82) is 0 Å². The third kappa shape index (κ3) is 2.38. The zero-order valence-corrected chi connectivity index (χ0v) is 8.80. The second kappa shape index (κ2) is 4.76. The van der Waals surface area contributed by atoms with Crippen LogP contribution in [0.3, 0.4) is 0 Å². The number of aromatic carboxylic acids is 1. The van der Waals surface area contributed by atoms with Crippen LogP contribution in [0, 0.1) is 0 Å². The fourth-order valence-electron chi connectivity index (χ4n) is 1.48. The summed E-state index contributed by atoms with van der Waals surface area (Å²) in [4.78, 5) is 21.5. The minimum absolute atomic E-state index is 0.137. The molecule has 0 aliphatic carbocycles. The smallest absolute Gasteiger partial charge is 0.335 e. The highest BCUT2D eigenvalue weighted by Gasteiger charge is 2.18. The summed E-state index contributed by atoms with van der Waals surface area (Å²) in [6.07, 6.45) is 0.539. The van der Waals surface area contributed by atoms with E-state index in [4.69, 9.17) is 15.9 Å². The van der Waals surface area contributed by atoms with E-state index in [-0.39, 0.29) is 5.56 Å². The van der Waals surface area contributed by atoms with Crippen molar-refractivity contribution < 1.29 is 19.8 Å². The van der Waals surface area contributed by atoms with Gasteiger partial charge in [-0.25, -0.2) is 4.79 Å². The maximum atomic E-state index is 10.7. The van der Waals surface area contributed by atoms with Crippen LogP contribution in [0.1, 0.15) is 34.5 Å². The Morgan fingerprint density at radius 3 is 2.44 bits per heavy atom. The third-order valence-electron chi connectivity index (χ3n) is 2.37. The fourth-order valence-corrected chi connectivity index (χ4v) is 1.48. The highest BCUT2D eigenvalue weighted by Crippen LogP contribution is 2.19. The number of rotatable bonds is 4. The summed E-state index contributed by atoms with van der Waals surface area (Å²) in [6.45, 7) is 1.82. The number of hydrogen-bond acceptors (Lipinski definition) is 3. The van der Waals surface area contributed by atoms with E-state index in [2.05, 4.69) is 0 Å². The van der Waals surface area contributed by atoms with Gasteiger partial charge in [0.1, 0.15) is 6.04 Å². The second-order valence-electron chi connectivity index (χ2n) is 3.39. The number of carboxylic acid groups (broad SMARTS) is 2. The molecule has 5 heteroatoms. The Morgan fingerprint density at radius 2 is 2.00 bits per heavy atom. The standard InChI is InChI=1S/C11H13NO4/c1-2-6-5-7(10(13)14)3-4-8(6)9(12)11(15)16/h3-5,9H,2,12H2,1H3,(H,13,14)(H,15,16). The number of carboxylic acids is 2. The van der Waals surface area contributed by atoms with Crippen molar-refractivity contribution in [3.63, 3.8) is 0 Å². The average Bonchev–Trinajstić information content (AvgIpc) is 2.26. The van der Waals surface area contributed by atoms with Crippen molar-refractivity contribution in [1.82, 2.24) is 0 Å². The predicted octanol–water partition coefficient (Wildman–Crippen LogP) is 1.03. The summed E-state index contributed by atoms with van der Waals surface area (Å²) in [7, 11) is 0. The SMILES string of the molecule is CCc1cc(C(=O)O)ccc1C(N)C(=O)O. The Morgan fingerprint density at radius 1 is 1.38 bits per heavy atom. The van der Waals surface area contributed by atoms with Gasteiger partial charge in [-0.1, -0.05) is 13.0 Å². The highest BCUT2D eigenvalue weighted by atomic mass is 16.4. The van der Waals surface area contributed by atoms with Gasteiger partial charge in [0.25, 0.3) is 0 Å². The van der Waals surface area contributed by atoms with Gasteiger partial charge in [-0.05, 0) is 29.7 Å². The van der Waals surface area contributed by atoms with E-state index in [0.717, 1.165) is 0 Å². The molecule has 16 heavy (non-hydrogen) atoms. The van der Waals surface area contributed by atoms with Gasteiger partial charge in [-0.2, -0.15) is 0 Å². The maximum Gasteiger partial charge on any atom is 0.335 e. The number of carbonyl (C=O) groups is 2. The lowest BCUT2D eigenvalue weighted by molar-refractivity contribution is -0.138. The topological polar surface area (TPSA) is 101 Å². The van der Waals surface area contributed by atoms with Gasteiger partial charge in [0.2, 0.25) is 0 Å². The second-order valence-corrected chi connectivity index (χ2v) is 3.39. The van der Waals surface area contributed by atoms with E-state index < -0.39 is 18.0 Å². The molecule has 0 spiro atoms. The Kier molecular flexibility index (Phi) is 3.63. The van der Waals surface area contributed by atoms with Gasteiger partial charge in [0, 0.05) is 0 Å². The fraction of sp³-hybridized carbons (Fsp3) is 0.273. The van der Waals surface area contributed by atoms with Crippen molar-refractivity contribution in [3.8, 4) is 0 Å². The molecule has 0 aliphatic rings. The molecule has 1 rings (SSSR count). The molecule has 0 aliphatic heterocycles. The van der Waals surface area contributed by atoms with E-state index in [1.54, 1.807) is 0 Å². The van der Waals surface area contributed by atoms with Crippen molar-refractivity contribution in [2.75, 3.05) is 0 Å². The summed E-state index contributed by atoms with van der Waals surface area (Å²) >= 11 is 0. The third-order valence-corrected chi connectivity index (χ3v) is 2.37. The van der Waals surface area contributed by atoms with Crippen LogP contribution in [-0.2, 0) is 11.2 Å². The summed E-state index contributed by atoms with van der Waals surface area (Å²) in [5.74, 6) is -2.16. The first-order valence-electron chi connectivity index (χ1n) is 4.81. The molecule has 0 heterocycles. The Hall–Kier alpha value is -1.88. The van der Waals surface area contributed by atoms with E-state index in [1.165, 1.54) is 18.2 Å². The maximum absolute atomic E-state index is 10.7. The van der Waals surface area contributed by atoms with Crippen molar-refractivity contribution in [2.45, 2.75) is 19.4 Å². The molecule has 4 N–H and O–H groups in total. The molecule has 0 aromatic heterocycles. The van der Waals surface area contributed by atoms with Gasteiger partial charge >= 0.3 is 11.9 Å². The van der Waals surface area contributed by atoms with E-state index in [0.29, 0.717) is 17.5 Å². The Bertz CT molecular complexity index is 428. The van der Waals surface area contributed by atoms with E-state index in [9.17, 15) is 9.59 Å². The molecule has 0 amide bonds. The summed E-state index contributed by atoms with van der Waals surface area (Å²) in [6, 6.07) is 3.17. The number of aliphatic carboxylic acids is 1. The minimum Gasteiger partial charge on any atom is -0.480 e. The van der Waals surface area contributed by atoms with Crippen LogP contribution in [0.4, 0.5) is 0 Å². The zero-order valence-electron chi connectivity index (χ0n) is 8.80. The molecule has 1 aromatic carbocycles. The lowest BCUT2D eigenvalue weighted by Crippen LogP contribution is -2.22. The van der Waals surface area contributed by atoms with Crippen LogP contribution in [0.15, 0.2) is 18.2 Å². The average molecular weight is 223 g/mol. The minimum atomic E-state index is -1.13. The number of nitrogens with two attached hydrogens (primary N) is 1. The molecule has 0 saturated carbocycles. The van der Waals surface area contributed by atoms with Crippen LogP contribution < -0.4 is 5.73 Å². The predicted molar refractivity (Wildman–Crippen MR) is 57.3 cm³/mol. The molecule has 5 nitrogen and oxygen atoms in total. The summed E-state index contributed by atoms with van der Waals surface area (Å²) < 4.78 is 0. The number of aryl methyl sites for hydroxylation is 1. The van der Waals surface area contributed by atoms with Crippen LogP contribution in [0.2, 0.25) is 0 Å². The molecule has 0 fully saturated rings. The first-order valence-corrected chi connectivity index (χ1v) is 4.81. The van der Waals surface area contributed by atoms with Crippen molar-refractivity contribution in [3.05, 3.63) is 34.9 Å². The highest BCUT2D eigenvalue weighted by molar-refractivity contribution is 5.88. The van der Waals surface area contributed by atoms with Crippen LogP contribution in [0.25, 0.3) is 0 Å². The molecule has 1 atom stereocenters. The first kappa shape index (κ1) is 12.2. The molecule has 0 radical (unpaired) electrons. The summed E-state index contributed by atoms with van der Waals surface area (Å²) in [5, 5.41) is 17.6. The molecule has 0 saturated heterocycles. The van der Waals surface area contributed by atoms with E-state index >= 15 is 0 Å². The van der Waals surface area contributed by atoms with Crippen molar-refractivity contribution >= 4 is 11.9 Å². The Labute approximate surface area is 92.5 Å². The number of hydrogen-bond donors (Lipinski definition) is 3. The lowest BCUT2D eigenvalue weighted by atomic mass is 9.97. The molecule has 1 aromatic rings.